The summed E-state index contributed by atoms with van der Waals surface area (Å²) in [5, 5.41) is 24.1. The molecule has 3 aliphatic rings. The van der Waals surface area contributed by atoms with Gasteiger partial charge in [-0.15, -0.1) is 5.06 Å². The van der Waals surface area contributed by atoms with Crippen molar-refractivity contribution in [2.75, 3.05) is 18.5 Å². The van der Waals surface area contributed by atoms with E-state index in [0.717, 1.165) is 67.7 Å². The maximum atomic E-state index is 13.1. The SMILES string of the molecule is O=C(ON(C1CC(CCc2ccc3c(n2)NCCC3)C1)[C@@H](CCO)C(=O)O)C1Cc2ccccc2C1. The summed E-state index contributed by atoms with van der Waals surface area (Å²) in [7, 11) is 0. The van der Waals surface area contributed by atoms with Crippen LogP contribution in [0.1, 0.15) is 54.5 Å². The number of aromatic nitrogens is 1. The molecular weight excluding hydrogens is 458 g/mol. The number of aryl methyl sites for hydroxylation is 2. The average Bonchev–Trinajstić information content (AvgIpc) is 3.30. The van der Waals surface area contributed by atoms with Crippen molar-refractivity contribution in [1.82, 2.24) is 10.0 Å². The zero-order chi connectivity index (χ0) is 25.1. The number of pyridine rings is 1. The molecule has 0 amide bonds. The monoisotopic (exact) mass is 493 g/mol. The van der Waals surface area contributed by atoms with Gasteiger partial charge < -0.3 is 20.4 Å². The van der Waals surface area contributed by atoms with E-state index in [4.69, 9.17) is 9.82 Å². The molecule has 36 heavy (non-hydrogen) atoms. The van der Waals surface area contributed by atoms with E-state index in [-0.39, 0.29) is 31.0 Å². The zero-order valence-corrected chi connectivity index (χ0v) is 20.6. The lowest BCUT2D eigenvalue weighted by Gasteiger charge is -2.43. The van der Waals surface area contributed by atoms with E-state index < -0.39 is 12.0 Å². The van der Waals surface area contributed by atoms with Crippen LogP contribution in [0.2, 0.25) is 0 Å². The number of carboxylic acids is 1. The highest BCUT2D eigenvalue weighted by molar-refractivity contribution is 5.76. The van der Waals surface area contributed by atoms with Crippen molar-refractivity contribution in [1.29, 1.82) is 0 Å². The number of nitrogens with one attached hydrogen (secondary N) is 1. The number of aliphatic carboxylic acids is 1. The normalized spacial score (nSPS) is 21.7. The van der Waals surface area contributed by atoms with Gasteiger partial charge in [0, 0.05) is 24.9 Å². The predicted octanol–water partition coefficient (Wildman–Crippen LogP) is 3.16. The molecule has 0 saturated heterocycles. The molecule has 1 atom stereocenters. The highest BCUT2D eigenvalue weighted by Gasteiger charge is 2.43. The number of carbonyl (C=O) groups excluding carboxylic acids is 1. The van der Waals surface area contributed by atoms with Crippen LogP contribution in [0.4, 0.5) is 5.82 Å². The Bertz CT molecular complexity index is 1080. The first-order valence-corrected chi connectivity index (χ1v) is 13.1. The van der Waals surface area contributed by atoms with Gasteiger partial charge in [0.05, 0.1) is 5.92 Å². The molecule has 3 N–H and O–H groups in total. The highest BCUT2D eigenvalue weighted by atomic mass is 16.7. The number of hydrogen-bond donors (Lipinski definition) is 3. The summed E-state index contributed by atoms with van der Waals surface area (Å²) in [4.78, 5) is 35.7. The van der Waals surface area contributed by atoms with E-state index in [9.17, 15) is 19.8 Å². The van der Waals surface area contributed by atoms with Crippen LogP contribution >= 0.6 is 0 Å². The second-order valence-electron chi connectivity index (χ2n) is 10.4. The van der Waals surface area contributed by atoms with Crippen LogP contribution in [-0.4, -0.2) is 57.4 Å². The molecular formula is C28H35N3O5. The number of carboxylic acid groups (broad SMARTS) is 1. The van der Waals surface area contributed by atoms with Gasteiger partial charge in [-0.05, 0) is 86.5 Å². The van der Waals surface area contributed by atoms with E-state index in [1.54, 1.807) is 0 Å². The van der Waals surface area contributed by atoms with Gasteiger partial charge in [0.25, 0.3) is 0 Å². The molecule has 0 spiro atoms. The summed E-state index contributed by atoms with van der Waals surface area (Å²) in [6.45, 7) is 0.682. The summed E-state index contributed by atoms with van der Waals surface area (Å²) >= 11 is 0. The number of hydrogen-bond acceptors (Lipinski definition) is 7. The zero-order valence-electron chi connectivity index (χ0n) is 20.6. The maximum Gasteiger partial charge on any atom is 0.328 e. The molecule has 1 saturated carbocycles. The number of rotatable bonds is 10. The lowest BCUT2D eigenvalue weighted by atomic mass is 9.76. The highest BCUT2D eigenvalue weighted by Crippen LogP contribution is 2.38. The third-order valence-electron chi connectivity index (χ3n) is 7.91. The molecule has 5 rings (SSSR count). The lowest BCUT2D eigenvalue weighted by Crippen LogP contribution is -2.54. The molecule has 1 aromatic heterocycles. The molecule has 2 aliphatic carbocycles. The third-order valence-corrected chi connectivity index (χ3v) is 7.91. The maximum absolute atomic E-state index is 13.1. The lowest BCUT2D eigenvalue weighted by molar-refractivity contribution is -0.237. The minimum absolute atomic E-state index is 0.0146. The number of aliphatic hydroxyl groups excluding tert-OH is 1. The van der Waals surface area contributed by atoms with Crippen LogP contribution < -0.4 is 5.32 Å². The molecule has 0 bridgehead atoms. The Morgan fingerprint density at radius 1 is 1.11 bits per heavy atom. The van der Waals surface area contributed by atoms with E-state index in [0.29, 0.717) is 18.8 Å². The smallest absolute Gasteiger partial charge is 0.328 e. The van der Waals surface area contributed by atoms with Crippen LogP contribution in [-0.2, 0) is 40.1 Å². The number of aliphatic hydroxyl groups is 1. The molecule has 8 heteroatoms. The number of anilines is 1. The van der Waals surface area contributed by atoms with Crippen molar-refractivity contribution in [3.63, 3.8) is 0 Å². The molecule has 1 fully saturated rings. The Morgan fingerprint density at radius 2 is 1.86 bits per heavy atom. The van der Waals surface area contributed by atoms with Gasteiger partial charge in [-0.1, -0.05) is 30.3 Å². The minimum Gasteiger partial charge on any atom is -0.480 e. The largest absolute Gasteiger partial charge is 0.480 e. The van der Waals surface area contributed by atoms with E-state index in [2.05, 4.69) is 17.4 Å². The van der Waals surface area contributed by atoms with Crippen molar-refractivity contribution < 1.29 is 24.6 Å². The molecule has 1 aromatic carbocycles. The van der Waals surface area contributed by atoms with Crippen molar-refractivity contribution in [2.24, 2.45) is 11.8 Å². The van der Waals surface area contributed by atoms with E-state index in [1.807, 2.05) is 24.3 Å². The van der Waals surface area contributed by atoms with Gasteiger partial charge in [0.2, 0.25) is 0 Å². The Kier molecular flexibility index (Phi) is 7.53. The van der Waals surface area contributed by atoms with Gasteiger partial charge in [-0.3, -0.25) is 9.59 Å². The summed E-state index contributed by atoms with van der Waals surface area (Å²) in [6, 6.07) is 11.0. The number of hydroxylamine groups is 2. The minimum atomic E-state index is -1.08. The van der Waals surface area contributed by atoms with Gasteiger partial charge >= 0.3 is 11.9 Å². The Balaban J connectivity index is 1.19. The Hall–Kier alpha value is -2.97. The molecule has 8 nitrogen and oxygen atoms in total. The quantitative estimate of drug-likeness (QED) is 0.433. The van der Waals surface area contributed by atoms with Crippen LogP contribution in [0.25, 0.3) is 0 Å². The molecule has 1 aliphatic heterocycles. The Labute approximate surface area is 211 Å². The first-order valence-electron chi connectivity index (χ1n) is 13.1. The van der Waals surface area contributed by atoms with Crippen LogP contribution in [0.5, 0.6) is 0 Å². The standard InChI is InChI=1S/C28H35N3O5/c32-13-11-25(27(33)34)31(36-28(35)22-16-20-4-1-2-5-21(20)17-22)24-14-18(15-24)7-9-23-10-8-19-6-3-12-29-26(19)30-23/h1-2,4-5,8,10,18,22,24-25,32H,3,6-7,9,11-17H2,(H,29,30)(H,33,34)/t18?,24?,25-/m0/s1. The van der Waals surface area contributed by atoms with Crippen molar-refractivity contribution in [3.05, 3.63) is 58.8 Å². The number of benzene rings is 1. The summed E-state index contributed by atoms with van der Waals surface area (Å²) in [5.41, 5.74) is 4.64. The molecule has 0 radical (unpaired) electrons. The van der Waals surface area contributed by atoms with Gasteiger partial charge in [0.15, 0.2) is 0 Å². The summed E-state index contributed by atoms with van der Waals surface area (Å²) < 4.78 is 0. The summed E-state index contributed by atoms with van der Waals surface area (Å²) in [6.07, 6.45) is 6.78. The second kappa shape index (κ2) is 11.0. The van der Waals surface area contributed by atoms with E-state index >= 15 is 0 Å². The molecule has 192 valence electrons. The van der Waals surface area contributed by atoms with Crippen molar-refractivity contribution in [3.8, 4) is 0 Å². The van der Waals surface area contributed by atoms with Crippen molar-refractivity contribution in [2.45, 2.75) is 69.9 Å². The molecule has 0 unspecified atom stereocenters. The molecule has 2 aromatic rings. The number of nitrogens with zero attached hydrogens (tertiary/aromatic N) is 2. The van der Waals surface area contributed by atoms with Gasteiger partial charge in [-0.2, -0.15) is 0 Å². The predicted molar refractivity (Wildman–Crippen MR) is 134 cm³/mol. The fourth-order valence-electron chi connectivity index (χ4n) is 5.78. The number of carbonyl (C=O) groups is 2. The van der Waals surface area contributed by atoms with E-state index in [1.165, 1.54) is 10.6 Å². The summed E-state index contributed by atoms with van der Waals surface area (Å²) in [5.74, 6) is -0.356. The first kappa shape index (κ1) is 24.7. The van der Waals surface area contributed by atoms with Crippen LogP contribution in [0, 0.1) is 11.8 Å². The fourth-order valence-corrected chi connectivity index (χ4v) is 5.78. The van der Waals surface area contributed by atoms with Crippen LogP contribution in [0.3, 0.4) is 0 Å². The molecule has 2 heterocycles. The topological polar surface area (TPSA) is 112 Å². The van der Waals surface area contributed by atoms with Crippen LogP contribution in [0.15, 0.2) is 36.4 Å². The average molecular weight is 494 g/mol. The van der Waals surface area contributed by atoms with Crippen molar-refractivity contribution >= 4 is 17.8 Å². The Morgan fingerprint density at radius 3 is 2.56 bits per heavy atom. The van der Waals surface area contributed by atoms with Gasteiger partial charge in [-0.25, -0.2) is 4.98 Å². The second-order valence-corrected chi connectivity index (χ2v) is 10.4. The first-order chi connectivity index (χ1) is 17.5. The number of fused-ring (bicyclic) bond motifs is 2. The van der Waals surface area contributed by atoms with Gasteiger partial charge in [0.1, 0.15) is 11.9 Å². The third kappa shape index (κ3) is 5.39. The fraction of sp³-hybridized carbons (Fsp3) is 0.536.